The topological polar surface area (TPSA) is 64.6 Å². The SMILES string of the molecule is Cc1ncc(N(C)C(=O)OC(C)(C)C)c(Oc2ccccc2C)n1. The Morgan fingerprint density at radius 3 is 2.46 bits per heavy atom. The van der Waals surface area contributed by atoms with Gasteiger partial charge in [0.15, 0.2) is 0 Å². The van der Waals surface area contributed by atoms with Crippen molar-refractivity contribution in [2.24, 2.45) is 0 Å². The average Bonchev–Trinajstić information content (AvgIpc) is 2.47. The molecule has 6 nitrogen and oxygen atoms in total. The fraction of sp³-hybridized carbons (Fsp3) is 0.389. The van der Waals surface area contributed by atoms with E-state index >= 15 is 0 Å². The summed E-state index contributed by atoms with van der Waals surface area (Å²) >= 11 is 0. The van der Waals surface area contributed by atoms with Gasteiger partial charge in [-0.15, -0.1) is 0 Å². The van der Waals surface area contributed by atoms with E-state index < -0.39 is 11.7 Å². The molecular weight excluding hydrogens is 306 g/mol. The van der Waals surface area contributed by atoms with Gasteiger partial charge in [0.05, 0.1) is 6.20 Å². The van der Waals surface area contributed by atoms with Crippen LogP contribution in [0.2, 0.25) is 0 Å². The molecule has 0 aliphatic carbocycles. The molecule has 1 heterocycles. The van der Waals surface area contributed by atoms with Crippen molar-refractivity contribution in [2.45, 2.75) is 40.2 Å². The maximum atomic E-state index is 12.3. The smallest absolute Gasteiger partial charge is 0.414 e. The van der Waals surface area contributed by atoms with Crippen LogP contribution in [-0.2, 0) is 4.74 Å². The first-order valence-corrected chi connectivity index (χ1v) is 7.71. The number of para-hydroxylation sites is 1. The largest absolute Gasteiger partial charge is 0.443 e. The van der Waals surface area contributed by atoms with Crippen molar-refractivity contribution in [1.29, 1.82) is 0 Å². The highest BCUT2D eigenvalue weighted by Gasteiger charge is 2.24. The number of anilines is 1. The van der Waals surface area contributed by atoms with E-state index in [-0.39, 0.29) is 0 Å². The first-order valence-electron chi connectivity index (χ1n) is 7.71. The second-order valence-electron chi connectivity index (χ2n) is 6.51. The molecule has 0 atom stereocenters. The van der Waals surface area contributed by atoms with Gasteiger partial charge in [-0.05, 0) is 46.2 Å². The summed E-state index contributed by atoms with van der Waals surface area (Å²) < 4.78 is 11.3. The number of aryl methyl sites for hydroxylation is 2. The van der Waals surface area contributed by atoms with Crippen LogP contribution in [0.5, 0.6) is 11.6 Å². The molecule has 2 aromatic rings. The lowest BCUT2D eigenvalue weighted by Gasteiger charge is -2.25. The van der Waals surface area contributed by atoms with Gasteiger partial charge in [-0.25, -0.2) is 9.78 Å². The predicted octanol–water partition coefficient (Wildman–Crippen LogP) is 4.26. The van der Waals surface area contributed by atoms with Crippen molar-refractivity contribution in [1.82, 2.24) is 9.97 Å². The third-order valence-electron chi connectivity index (χ3n) is 3.19. The zero-order chi connectivity index (χ0) is 17.9. The number of benzene rings is 1. The number of carbonyl (C=O) groups is 1. The van der Waals surface area contributed by atoms with Gasteiger partial charge < -0.3 is 9.47 Å². The van der Waals surface area contributed by atoms with E-state index in [0.717, 1.165) is 5.56 Å². The molecule has 128 valence electrons. The molecule has 2 rings (SSSR count). The molecule has 0 aliphatic rings. The molecule has 1 amide bonds. The molecular formula is C18H23N3O3. The monoisotopic (exact) mass is 329 g/mol. The van der Waals surface area contributed by atoms with Crippen LogP contribution in [0, 0.1) is 13.8 Å². The molecule has 1 aromatic heterocycles. The lowest BCUT2D eigenvalue weighted by Crippen LogP contribution is -2.34. The highest BCUT2D eigenvalue weighted by atomic mass is 16.6. The molecule has 0 bridgehead atoms. The molecule has 24 heavy (non-hydrogen) atoms. The summed E-state index contributed by atoms with van der Waals surface area (Å²) in [5.74, 6) is 1.54. The highest BCUT2D eigenvalue weighted by Crippen LogP contribution is 2.31. The van der Waals surface area contributed by atoms with Gasteiger partial charge in [-0.1, -0.05) is 18.2 Å². The van der Waals surface area contributed by atoms with Crippen molar-refractivity contribution in [3.63, 3.8) is 0 Å². The summed E-state index contributed by atoms with van der Waals surface area (Å²) in [4.78, 5) is 22.1. The van der Waals surface area contributed by atoms with E-state index in [9.17, 15) is 4.79 Å². The molecule has 1 aromatic carbocycles. The van der Waals surface area contributed by atoms with Crippen molar-refractivity contribution in [3.8, 4) is 11.6 Å². The van der Waals surface area contributed by atoms with Gasteiger partial charge in [0.25, 0.3) is 0 Å². The van der Waals surface area contributed by atoms with E-state index in [1.165, 1.54) is 4.90 Å². The maximum Gasteiger partial charge on any atom is 0.414 e. The second kappa shape index (κ2) is 6.86. The van der Waals surface area contributed by atoms with Gasteiger partial charge in [0.2, 0.25) is 5.88 Å². The molecule has 0 saturated carbocycles. The van der Waals surface area contributed by atoms with E-state index in [1.54, 1.807) is 20.2 Å². The summed E-state index contributed by atoms with van der Waals surface area (Å²) in [6.45, 7) is 9.15. The summed E-state index contributed by atoms with van der Waals surface area (Å²) in [7, 11) is 1.60. The molecule has 0 aliphatic heterocycles. The number of hydrogen-bond acceptors (Lipinski definition) is 5. The van der Waals surface area contributed by atoms with E-state index in [4.69, 9.17) is 9.47 Å². The maximum absolute atomic E-state index is 12.3. The zero-order valence-corrected chi connectivity index (χ0v) is 15.0. The van der Waals surface area contributed by atoms with Crippen LogP contribution in [0.4, 0.5) is 10.5 Å². The standard InChI is InChI=1S/C18H23N3O3/c1-12-9-7-8-10-15(12)23-16-14(11-19-13(2)20-16)21(6)17(22)24-18(3,4)5/h7-11H,1-6H3. The molecule has 0 spiro atoms. The lowest BCUT2D eigenvalue weighted by molar-refractivity contribution is 0.0588. The first-order chi connectivity index (χ1) is 11.2. The Morgan fingerprint density at radius 1 is 1.17 bits per heavy atom. The molecule has 6 heteroatoms. The fourth-order valence-electron chi connectivity index (χ4n) is 1.95. The number of carbonyl (C=O) groups excluding carboxylic acids is 1. The predicted molar refractivity (Wildman–Crippen MR) is 92.7 cm³/mol. The minimum absolute atomic E-state index is 0.310. The van der Waals surface area contributed by atoms with Crippen LogP contribution in [0.25, 0.3) is 0 Å². The number of aromatic nitrogens is 2. The Morgan fingerprint density at radius 2 is 1.83 bits per heavy atom. The number of ether oxygens (including phenoxy) is 2. The van der Waals surface area contributed by atoms with Crippen LogP contribution in [0.1, 0.15) is 32.2 Å². The van der Waals surface area contributed by atoms with E-state index in [0.29, 0.717) is 23.1 Å². The minimum atomic E-state index is -0.589. The van der Waals surface area contributed by atoms with Gasteiger partial charge in [0, 0.05) is 7.05 Å². The number of rotatable bonds is 3. The van der Waals surface area contributed by atoms with Gasteiger partial charge in [-0.3, -0.25) is 4.90 Å². The van der Waals surface area contributed by atoms with E-state index in [1.807, 2.05) is 52.0 Å². The Kier molecular flexibility index (Phi) is 5.07. The van der Waals surface area contributed by atoms with Crippen molar-refractivity contribution in [3.05, 3.63) is 41.9 Å². The molecule has 0 fully saturated rings. The third kappa shape index (κ3) is 4.44. The number of amides is 1. The second-order valence-corrected chi connectivity index (χ2v) is 6.51. The van der Waals surface area contributed by atoms with Crippen LogP contribution >= 0.6 is 0 Å². The Labute approximate surface area is 142 Å². The van der Waals surface area contributed by atoms with Crippen LogP contribution < -0.4 is 9.64 Å². The molecule has 0 N–H and O–H groups in total. The van der Waals surface area contributed by atoms with Crippen molar-refractivity contribution in [2.75, 3.05) is 11.9 Å². The quantitative estimate of drug-likeness (QED) is 0.842. The summed E-state index contributed by atoms with van der Waals surface area (Å²) in [6.07, 6.45) is 1.06. The normalized spacial score (nSPS) is 11.1. The summed E-state index contributed by atoms with van der Waals surface area (Å²) in [5.41, 5.74) is 0.825. The van der Waals surface area contributed by atoms with Crippen molar-refractivity contribution < 1.29 is 14.3 Å². The number of hydrogen-bond donors (Lipinski definition) is 0. The Hall–Kier alpha value is -2.63. The Bertz CT molecular complexity index is 739. The van der Waals surface area contributed by atoms with Gasteiger partial charge >= 0.3 is 6.09 Å². The third-order valence-corrected chi connectivity index (χ3v) is 3.19. The highest BCUT2D eigenvalue weighted by molar-refractivity contribution is 5.88. The lowest BCUT2D eigenvalue weighted by atomic mass is 10.2. The van der Waals surface area contributed by atoms with Gasteiger partial charge in [-0.2, -0.15) is 4.98 Å². The molecule has 0 unspecified atom stereocenters. The summed E-state index contributed by atoms with van der Waals surface area (Å²) in [6, 6.07) is 7.61. The first kappa shape index (κ1) is 17.7. The zero-order valence-electron chi connectivity index (χ0n) is 15.0. The molecule has 0 radical (unpaired) electrons. The fourth-order valence-corrected chi connectivity index (χ4v) is 1.95. The van der Waals surface area contributed by atoms with Crippen LogP contribution in [0.3, 0.4) is 0 Å². The minimum Gasteiger partial charge on any atom is -0.443 e. The van der Waals surface area contributed by atoms with E-state index in [2.05, 4.69) is 9.97 Å². The van der Waals surface area contributed by atoms with Crippen LogP contribution in [-0.4, -0.2) is 28.7 Å². The average molecular weight is 329 g/mol. The number of nitrogens with zero attached hydrogens (tertiary/aromatic N) is 3. The Balaban J connectivity index is 2.34. The summed E-state index contributed by atoms with van der Waals surface area (Å²) in [5, 5.41) is 0. The van der Waals surface area contributed by atoms with Gasteiger partial charge in [0.1, 0.15) is 22.9 Å². The molecule has 0 saturated heterocycles. The van der Waals surface area contributed by atoms with Crippen molar-refractivity contribution >= 4 is 11.8 Å². The van der Waals surface area contributed by atoms with Crippen LogP contribution in [0.15, 0.2) is 30.5 Å².